The van der Waals surface area contributed by atoms with Gasteiger partial charge in [-0.3, -0.25) is 4.79 Å². The average Bonchev–Trinajstić information content (AvgIpc) is 3.60. The van der Waals surface area contributed by atoms with Crippen LogP contribution in [0, 0.1) is 23.8 Å². The van der Waals surface area contributed by atoms with E-state index in [-0.39, 0.29) is 47.9 Å². The van der Waals surface area contributed by atoms with Crippen molar-refractivity contribution in [3.63, 3.8) is 0 Å². The largest absolute Gasteiger partial charge is 0.512 e. The zero-order valence-electron chi connectivity index (χ0n) is 30.1. The Bertz CT molecular complexity index is 1930. The molecule has 0 unspecified atom stereocenters. The van der Waals surface area contributed by atoms with Gasteiger partial charge in [-0.2, -0.15) is 11.8 Å². The van der Waals surface area contributed by atoms with E-state index in [9.17, 15) is 9.90 Å². The maximum atomic E-state index is 12.2. The number of hydrogen-bond donors (Lipinski definition) is 1. The van der Waals surface area contributed by atoms with E-state index >= 15 is 0 Å². The zero-order valence-corrected chi connectivity index (χ0v) is 34.9. The Morgan fingerprint density at radius 2 is 1.58 bits per heavy atom. The van der Waals surface area contributed by atoms with Crippen molar-refractivity contribution >= 4 is 70.5 Å². The van der Waals surface area contributed by atoms with E-state index < -0.39 is 0 Å². The number of thiophene rings is 2. The van der Waals surface area contributed by atoms with Crippen molar-refractivity contribution in [1.29, 1.82) is 0 Å². The van der Waals surface area contributed by atoms with Crippen molar-refractivity contribution in [2.75, 3.05) is 0 Å². The summed E-state index contributed by atoms with van der Waals surface area (Å²) in [5.41, 5.74) is 2.81. The molecule has 0 aliphatic rings. The summed E-state index contributed by atoms with van der Waals surface area (Å²) in [6.07, 6.45) is 6.69. The van der Waals surface area contributed by atoms with Gasteiger partial charge in [0.05, 0.1) is 0 Å². The number of nitrogens with zero attached hydrogens (tertiary/aromatic N) is 1. The Morgan fingerprint density at radius 3 is 2.17 bits per heavy atom. The SMILES string of the molecule is C=CSc1c[c-]c(-c2nccc3c2sc2cc4sc(C)cc4cc23)cc1C(C)(C)C.CCC(C)(CC)C(=O)/C=C(\O)C(C)(CC)CC.[Ir]. The smallest absolute Gasteiger partial charge is 0.164 e. The van der Waals surface area contributed by atoms with Gasteiger partial charge in [0.1, 0.15) is 5.76 Å². The topological polar surface area (TPSA) is 50.2 Å². The first-order chi connectivity index (χ1) is 22.1. The Kier molecular flexibility index (Phi) is 13.5. The quantitative estimate of drug-likeness (QED) is 0.0657. The second-order valence-electron chi connectivity index (χ2n) is 14.0. The number of aromatic nitrogens is 1. The third-order valence-electron chi connectivity index (χ3n) is 9.94. The molecule has 0 aliphatic carbocycles. The molecule has 0 bridgehead atoms. The molecule has 0 saturated carbocycles. The fourth-order valence-corrected chi connectivity index (χ4v) is 8.67. The summed E-state index contributed by atoms with van der Waals surface area (Å²) in [4.78, 5) is 19.5. The number of allylic oxidation sites excluding steroid dienone is 2. The van der Waals surface area contributed by atoms with Crippen molar-refractivity contribution < 1.29 is 30.0 Å². The van der Waals surface area contributed by atoms with Crippen molar-refractivity contribution in [1.82, 2.24) is 4.98 Å². The number of fused-ring (bicyclic) bond motifs is 4. The Labute approximate surface area is 313 Å². The number of rotatable bonds is 10. The van der Waals surface area contributed by atoms with E-state index in [1.54, 1.807) is 11.8 Å². The molecule has 3 aromatic heterocycles. The van der Waals surface area contributed by atoms with E-state index in [0.717, 1.165) is 36.9 Å². The standard InChI is InChI=1S/C26H22NS3.C15H28O2.Ir/c1-6-28-21-8-7-16(13-20(21)26(3,4)5)24-25-18(9-10-27-24)19-12-17-11-15(2)29-22(17)14-23(19)30-25;1-7-14(5,8-2)12(16)11-13(17)15(6,9-3)10-4;/h6,8-14H,1H2,2-5H3;11,16H,7-10H2,1-6H3;/q-1;;/b;12-11-;. The van der Waals surface area contributed by atoms with Crippen LogP contribution < -0.4 is 0 Å². The van der Waals surface area contributed by atoms with Crippen LogP contribution in [0.1, 0.15) is 98.4 Å². The van der Waals surface area contributed by atoms with Gasteiger partial charge in [-0.1, -0.05) is 73.8 Å². The molecule has 1 N–H and O–H groups in total. The molecule has 0 atom stereocenters. The number of ketones is 1. The van der Waals surface area contributed by atoms with E-state index in [4.69, 9.17) is 4.98 Å². The van der Waals surface area contributed by atoms with Crippen LogP contribution in [0.5, 0.6) is 0 Å². The number of hydrogen-bond acceptors (Lipinski definition) is 6. The van der Waals surface area contributed by atoms with Gasteiger partial charge in [-0.15, -0.1) is 52.0 Å². The van der Waals surface area contributed by atoms with Crippen LogP contribution in [-0.2, 0) is 30.3 Å². The van der Waals surface area contributed by atoms with Crippen LogP contribution >= 0.6 is 34.4 Å². The summed E-state index contributed by atoms with van der Waals surface area (Å²) in [7, 11) is 0. The molecule has 0 fully saturated rings. The van der Waals surface area contributed by atoms with Crippen LogP contribution in [0.15, 0.2) is 71.3 Å². The van der Waals surface area contributed by atoms with Crippen molar-refractivity contribution in [2.45, 2.75) is 105 Å². The van der Waals surface area contributed by atoms with Gasteiger partial charge >= 0.3 is 0 Å². The molecule has 5 rings (SSSR count). The fraction of sp³-hybridized carbons (Fsp3) is 0.415. The third-order valence-corrected chi connectivity index (χ3v) is 12.9. The number of benzene rings is 2. The van der Waals surface area contributed by atoms with E-state index in [1.165, 1.54) is 51.7 Å². The Balaban J connectivity index is 0.000000301. The zero-order chi connectivity index (χ0) is 34.7. The van der Waals surface area contributed by atoms with Crippen LogP contribution in [0.4, 0.5) is 0 Å². The van der Waals surface area contributed by atoms with Crippen LogP contribution in [0.2, 0.25) is 0 Å². The second-order valence-corrected chi connectivity index (χ2v) is 17.3. The molecular formula is C41H50IrNO2S3-. The van der Waals surface area contributed by atoms with Crippen LogP contribution in [-0.4, -0.2) is 15.9 Å². The fourth-order valence-electron chi connectivity index (χ4n) is 5.63. The van der Waals surface area contributed by atoms with E-state index in [0.29, 0.717) is 0 Å². The van der Waals surface area contributed by atoms with Crippen molar-refractivity contribution in [3.05, 3.63) is 82.9 Å². The second kappa shape index (κ2) is 16.2. The van der Waals surface area contributed by atoms with Gasteiger partial charge < -0.3 is 10.1 Å². The number of carbonyl (C=O) groups is 1. The predicted molar refractivity (Wildman–Crippen MR) is 209 cm³/mol. The maximum absolute atomic E-state index is 12.2. The van der Waals surface area contributed by atoms with Gasteiger partial charge in [-0.05, 0) is 78.5 Å². The van der Waals surface area contributed by atoms with Crippen LogP contribution in [0.3, 0.4) is 0 Å². The molecule has 0 saturated heterocycles. The third kappa shape index (κ3) is 8.36. The Morgan fingerprint density at radius 1 is 0.938 bits per heavy atom. The van der Waals surface area contributed by atoms with E-state index in [1.807, 2.05) is 75.8 Å². The molecule has 5 aromatic rings. The molecule has 0 spiro atoms. The number of aliphatic hydroxyl groups excluding tert-OH is 1. The summed E-state index contributed by atoms with van der Waals surface area (Å²) in [5, 5.41) is 15.9. The van der Waals surface area contributed by atoms with Gasteiger partial charge in [0, 0.05) is 73.3 Å². The summed E-state index contributed by atoms with van der Waals surface area (Å²) >= 11 is 5.36. The molecule has 3 heterocycles. The van der Waals surface area contributed by atoms with Gasteiger partial charge in [0.15, 0.2) is 5.78 Å². The summed E-state index contributed by atoms with van der Waals surface area (Å²) < 4.78 is 3.92. The van der Waals surface area contributed by atoms with Crippen molar-refractivity contribution in [3.8, 4) is 11.3 Å². The number of pyridine rings is 1. The minimum Gasteiger partial charge on any atom is -0.512 e. The predicted octanol–water partition coefficient (Wildman–Crippen LogP) is 13.6. The molecular weight excluding hydrogens is 827 g/mol. The summed E-state index contributed by atoms with van der Waals surface area (Å²) in [6.45, 7) is 24.9. The van der Waals surface area contributed by atoms with Crippen molar-refractivity contribution in [2.24, 2.45) is 10.8 Å². The maximum Gasteiger partial charge on any atom is 0.164 e. The molecule has 48 heavy (non-hydrogen) atoms. The molecule has 0 amide bonds. The molecule has 1 radical (unpaired) electrons. The Hall–Kier alpha value is -2.28. The normalized spacial score (nSPS) is 12.6. The molecule has 0 aliphatic heterocycles. The number of thioether (sulfide) groups is 1. The van der Waals surface area contributed by atoms with E-state index in [2.05, 4.69) is 76.7 Å². The summed E-state index contributed by atoms with van der Waals surface area (Å²) in [6, 6.07) is 17.0. The number of aliphatic hydroxyl groups is 1. The van der Waals surface area contributed by atoms with Gasteiger partial charge in [0.2, 0.25) is 0 Å². The average molecular weight is 877 g/mol. The molecule has 7 heteroatoms. The number of carbonyl (C=O) groups excluding carboxylic acids is 1. The minimum atomic E-state index is -0.337. The van der Waals surface area contributed by atoms with Gasteiger partial charge in [-0.25, -0.2) is 0 Å². The number of aryl methyl sites for hydroxylation is 1. The van der Waals surface area contributed by atoms with Gasteiger partial charge in [0.25, 0.3) is 0 Å². The first kappa shape index (κ1) is 40.2. The minimum absolute atomic E-state index is 0. The summed E-state index contributed by atoms with van der Waals surface area (Å²) in [5.74, 6) is 0.286. The first-order valence-corrected chi connectivity index (χ1v) is 19.2. The first-order valence-electron chi connectivity index (χ1n) is 16.7. The molecule has 3 nitrogen and oxygen atoms in total. The monoisotopic (exact) mass is 877 g/mol. The molecule has 259 valence electrons. The molecule has 2 aromatic carbocycles. The van der Waals surface area contributed by atoms with Crippen LogP contribution in [0.25, 0.3) is 41.5 Å².